The lowest BCUT2D eigenvalue weighted by Crippen LogP contribution is -2.24. The Kier molecular flexibility index (Phi) is 6.54. The van der Waals surface area contributed by atoms with Crippen LogP contribution in [0.25, 0.3) is 0 Å². The normalized spacial score (nSPS) is 9.83. The molecule has 0 spiro atoms. The highest BCUT2D eigenvalue weighted by atomic mass is 32.2. The van der Waals surface area contributed by atoms with Crippen molar-refractivity contribution in [2.24, 2.45) is 0 Å². The number of hydrogen-bond donors (Lipinski definition) is 2. The highest BCUT2D eigenvalue weighted by Crippen LogP contribution is 2.31. The molecule has 1 aromatic rings. The number of rotatable bonds is 6. The molecule has 2 amide bonds. The zero-order valence-corrected chi connectivity index (χ0v) is 12.1. The van der Waals surface area contributed by atoms with Gasteiger partial charge in [0.25, 0.3) is 0 Å². The highest BCUT2D eigenvalue weighted by molar-refractivity contribution is 7.99. The van der Waals surface area contributed by atoms with E-state index < -0.39 is 0 Å². The van der Waals surface area contributed by atoms with E-state index in [-0.39, 0.29) is 6.03 Å². The number of hydrogen-bond acceptors (Lipinski definition) is 5. The van der Waals surface area contributed by atoms with Gasteiger partial charge in [-0.25, -0.2) is 4.79 Å². The van der Waals surface area contributed by atoms with E-state index in [9.17, 15) is 4.79 Å². The van der Waals surface area contributed by atoms with Gasteiger partial charge in [0.1, 0.15) is 21.7 Å². The highest BCUT2D eigenvalue weighted by Gasteiger charge is 2.15. The molecule has 0 radical (unpaired) electrons. The van der Waals surface area contributed by atoms with Crippen molar-refractivity contribution in [3.05, 3.63) is 5.56 Å². The maximum Gasteiger partial charge on any atom is 0.319 e. The van der Waals surface area contributed by atoms with E-state index in [0.717, 1.165) is 23.7 Å². The molecular formula is C11H16N4OS2. The van der Waals surface area contributed by atoms with Crippen LogP contribution in [0.5, 0.6) is 0 Å². The van der Waals surface area contributed by atoms with Crippen LogP contribution in [0, 0.1) is 11.3 Å². The molecule has 0 fully saturated rings. The molecular weight excluding hydrogens is 268 g/mol. The maximum atomic E-state index is 11.2. The standard InChI is InChI=1S/C11H16N4OS2/c1-3-4-5-6-17-10-8(7-12)9(18-15-10)14-11(16)13-2/h3-6H2,1-2H3,(H2,13,14,16). The summed E-state index contributed by atoms with van der Waals surface area (Å²) in [4.78, 5) is 11.2. The minimum absolute atomic E-state index is 0.335. The zero-order valence-electron chi connectivity index (χ0n) is 10.4. The fourth-order valence-electron chi connectivity index (χ4n) is 1.24. The lowest BCUT2D eigenvalue weighted by Gasteiger charge is -2.01. The number of urea groups is 1. The first-order valence-corrected chi connectivity index (χ1v) is 7.50. The van der Waals surface area contributed by atoms with Crippen LogP contribution in [0.3, 0.4) is 0 Å². The van der Waals surface area contributed by atoms with Crippen molar-refractivity contribution in [3.63, 3.8) is 0 Å². The van der Waals surface area contributed by atoms with Gasteiger partial charge < -0.3 is 5.32 Å². The number of carbonyl (C=O) groups excluding carboxylic acids is 1. The van der Waals surface area contributed by atoms with Gasteiger partial charge in [0.05, 0.1) is 0 Å². The number of carbonyl (C=O) groups is 1. The summed E-state index contributed by atoms with van der Waals surface area (Å²) in [5, 5.41) is 15.4. The van der Waals surface area contributed by atoms with Crippen LogP contribution in [-0.2, 0) is 0 Å². The fourth-order valence-corrected chi connectivity index (χ4v) is 3.10. The van der Waals surface area contributed by atoms with Crippen molar-refractivity contribution >= 4 is 34.3 Å². The Morgan fingerprint density at radius 1 is 1.56 bits per heavy atom. The molecule has 0 aliphatic heterocycles. The van der Waals surface area contributed by atoms with Crippen LogP contribution < -0.4 is 10.6 Å². The quantitative estimate of drug-likeness (QED) is 0.621. The topological polar surface area (TPSA) is 77.8 Å². The minimum atomic E-state index is -0.335. The second kappa shape index (κ2) is 7.95. The monoisotopic (exact) mass is 284 g/mol. The third kappa shape index (κ3) is 4.20. The minimum Gasteiger partial charge on any atom is -0.341 e. The van der Waals surface area contributed by atoms with Crippen molar-refractivity contribution in [2.45, 2.75) is 31.2 Å². The first-order chi connectivity index (χ1) is 8.72. The van der Waals surface area contributed by atoms with Gasteiger partial charge in [-0.1, -0.05) is 19.8 Å². The van der Waals surface area contributed by atoms with Crippen molar-refractivity contribution in [3.8, 4) is 6.07 Å². The molecule has 0 saturated carbocycles. The smallest absolute Gasteiger partial charge is 0.319 e. The van der Waals surface area contributed by atoms with Crippen molar-refractivity contribution in [1.29, 1.82) is 5.26 Å². The Labute approximate surface area is 115 Å². The van der Waals surface area contributed by atoms with E-state index in [2.05, 4.69) is 28.0 Å². The molecule has 18 heavy (non-hydrogen) atoms. The number of nitriles is 1. The molecule has 2 N–H and O–H groups in total. The summed E-state index contributed by atoms with van der Waals surface area (Å²) in [7, 11) is 1.53. The lowest BCUT2D eigenvalue weighted by atomic mass is 10.3. The average Bonchev–Trinajstić information content (AvgIpc) is 2.76. The summed E-state index contributed by atoms with van der Waals surface area (Å²) in [6.45, 7) is 2.15. The molecule has 5 nitrogen and oxygen atoms in total. The van der Waals surface area contributed by atoms with Crippen molar-refractivity contribution in [2.75, 3.05) is 18.1 Å². The van der Waals surface area contributed by atoms with E-state index >= 15 is 0 Å². The summed E-state index contributed by atoms with van der Waals surface area (Å²) in [5.41, 5.74) is 0.463. The van der Waals surface area contributed by atoms with Crippen LogP contribution in [0.4, 0.5) is 9.80 Å². The van der Waals surface area contributed by atoms with Gasteiger partial charge in [-0.15, -0.1) is 11.8 Å². The van der Waals surface area contributed by atoms with Gasteiger partial charge >= 0.3 is 6.03 Å². The van der Waals surface area contributed by atoms with E-state index in [1.54, 1.807) is 11.8 Å². The van der Waals surface area contributed by atoms with E-state index in [1.807, 2.05) is 0 Å². The number of nitrogens with zero attached hydrogens (tertiary/aromatic N) is 2. The third-order valence-corrected chi connectivity index (χ3v) is 4.15. The first kappa shape index (κ1) is 14.8. The molecule has 1 heterocycles. The van der Waals surface area contributed by atoms with E-state index in [1.165, 1.54) is 19.9 Å². The predicted molar refractivity (Wildman–Crippen MR) is 75.2 cm³/mol. The molecule has 0 unspecified atom stereocenters. The van der Waals surface area contributed by atoms with Gasteiger partial charge in [-0.3, -0.25) is 5.32 Å². The van der Waals surface area contributed by atoms with Gasteiger partial charge in [0.2, 0.25) is 0 Å². The number of unbranched alkanes of at least 4 members (excludes halogenated alkanes) is 2. The number of aromatic nitrogens is 1. The molecule has 0 saturated heterocycles. The fraction of sp³-hybridized carbons (Fsp3) is 0.545. The number of anilines is 1. The number of amides is 2. The average molecular weight is 284 g/mol. The zero-order chi connectivity index (χ0) is 13.4. The van der Waals surface area contributed by atoms with E-state index in [0.29, 0.717) is 15.6 Å². The Morgan fingerprint density at radius 3 is 2.94 bits per heavy atom. The lowest BCUT2D eigenvalue weighted by molar-refractivity contribution is 0.254. The summed E-state index contributed by atoms with van der Waals surface area (Å²) in [6.07, 6.45) is 3.47. The SMILES string of the molecule is CCCCCSc1nsc(NC(=O)NC)c1C#N. The molecule has 7 heteroatoms. The van der Waals surface area contributed by atoms with Gasteiger partial charge in [0.15, 0.2) is 0 Å². The maximum absolute atomic E-state index is 11.2. The summed E-state index contributed by atoms with van der Waals surface area (Å²) < 4.78 is 4.21. The van der Waals surface area contributed by atoms with E-state index in [4.69, 9.17) is 5.26 Å². The molecule has 98 valence electrons. The number of nitrogens with one attached hydrogen (secondary N) is 2. The van der Waals surface area contributed by atoms with Crippen LogP contribution in [0.2, 0.25) is 0 Å². The molecule has 0 bridgehead atoms. The molecule has 0 aliphatic carbocycles. The molecule has 0 aromatic carbocycles. The molecule has 0 atom stereocenters. The number of thioether (sulfide) groups is 1. The van der Waals surface area contributed by atoms with Crippen molar-refractivity contribution < 1.29 is 4.79 Å². The molecule has 1 aromatic heterocycles. The Balaban J connectivity index is 2.64. The summed E-state index contributed by atoms with van der Waals surface area (Å²) in [5.74, 6) is 0.950. The van der Waals surface area contributed by atoms with Gasteiger partial charge in [-0.05, 0) is 23.7 Å². The third-order valence-electron chi connectivity index (χ3n) is 2.21. The Bertz CT molecular complexity index is 439. The second-order valence-electron chi connectivity index (χ2n) is 3.56. The van der Waals surface area contributed by atoms with Crippen LogP contribution in [0.15, 0.2) is 5.03 Å². The Hall–Kier alpha value is -1.26. The van der Waals surface area contributed by atoms with Crippen LogP contribution in [0.1, 0.15) is 31.7 Å². The Morgan fingerprint density at radius 2 is 2.33 bits per heavy atom. The second-order valence-corrected chi connectivity index (χ2v) is 5.42. The summed E-state index contributed by atoms with van der Waals surface area (Å²) >= 11 is 2.72. The van der Waals surface area contributed by atoms with Crippen LogP contribution >= 0.6 is 23.3 Å². The van der Waals surface area contributed by atoms with Crippen molar-refractivity contribution in [1.82, 2.24) is 9.69 Å². The first-order valence-electron chi connectivity index (χ1n) is 5.74. The largest absolute Gasteiger partial charge is 0.341 e. The van der Waals surface area contributed by atoms with Gasteiger partial charge in [-0.2, -0.15) is 9.64 Å². The molecule has 1 rings (SSSR count). The van der Waals surface area contributed by atoms with Gasteiger partial charge in [0, 0.05) is 7.05 Å². The molecule has 0 aliphatic rings. The summed E-state index contributed by atoms with van der Waals surface area (Å²) in [6, 6.07) is 1.76. The van der Waals surface area contributed by atoms with Crippen LogP contribution in [-0.4, -0.2) is 23.2 Å². The predicted octanol–water partition coefficient (Wildman–Crippen LogP) is 3.05.